The molecule has 2 heterocycles. The van der Waals surface area contributed by atoms with Crippen LogP contribution in [-0.4, -0.2) is 23.7 Å². The fourth-order valence-corrected chi connectivity index (χ4v) is 3.33. The molecule has 0 spiro atoms. The molecule has 5 nitrogen and oxygen atoms in total. The summed E-state index contributed by atoms with van der Waals surface area (Å²) in [5.41, 5.74) is 3.31. The van der Waals surface area contributed by atoms with E-state index in [1.54, 1.807) is 18.4 Å². The number of benzene rings is 2. The van der Waals surface area contributed by atoms with E-state index in [0.717, 1.165) is 22.6 Å². The summed E-state index contributed by atoms with van der Waals surface area (Å²) in [5, 5.41) is 6.19. The van der Waals surface area contributed by atoms with Crippen molar-refractivity contribution in [1.82, 2.24) is 5.01 Å². The highest BCUT2D eigenvalue weighted by Gasteiger charge is 2.35. The molecule has 5 heteroatoms. The number of amides is 1. The SMILES string of the molecule is COc1cccc([C@H]2CC(c3ccco3)=NN2C(=O)c2ccccc2C)c1. The van der Waals surface area contributed by atoms with Crippen LogP contribution in [0.25, 0.3) is 0 Å². The second-order valence-electron chi connectivity index (χ2n) is 6.49. The van der Waals surface area contributed by atoms with Gasteiger partial charge in [0.25, 0.3) is 5.91 Å². The Balaban J connectivity index is 1.75. The molecule has 4 rings (SSSR count). The first kappa shape index (κ1) is 17.1. The number of rotatable bonds is 4. The van der Waals surface area contributed by atoms with Crippen molar-refractivity contribution in [1.29, 1.82) is 0 Å². The van der Waals surface area contributed by atoms with Gasteiger partial charge >= 0.3 is 0 Å². The average Bonchev–Trinajstić information content (AvgIpc) is 3.37. The molecule has 27 heavy (non-hydrogen) atoms. The van der Waals surface area contributed by atoms with E-state index >= 15 is 0 Å². The number of aryl methyl sites for hydroxylation is 1. The van der Waals surface area contributed by atoms with E-state index in [0.29, 0.717) is 17.7 Å². The predicted molar refractivity (Wildman–Crippen MR) is 103 cm³/mol. The van der Waals surface area contributed by atoms with Crippen molar-refractivity contribution in [3.63, 3.8) is 0 Å². The summed E-state index contributed by atoms with van der Waals surface area (Å²) in [6.07, 6.45) is 2.20. The Kier molecular flexibility index (Phi) is 4.50. The van der Waals surface area contributed by atoms with Gasteiger partial charge in [-0.2, -0.15) is 5.10 Å². The van der Waals surface area contributed by atoms with Crippen LogP contribution < -0.4 is 4.74 Å². The quantitative estimate of drug-likeness (QED) is 0.684. The summed E-state index contributed by atoms with van der Waals surface area (Å²) < 4.78 is 10.9. The number of hydrogen-bond donors (Lipinski definition) is 0. The molecular formula is C22H20N2O3. The van der Waals surface area contributed by atoms with Crippen LogP contribution >= 0.6 is 0 Å². The highest BCUT2D eigenvalue weighted by atomic mass is 16.5. The molecule has 1 aliphatic rings. The van der Waals surface area contributed by atoms with E-state index in [2.05, 4.69) is 5.10 Å². The van der Waals surface area contributed by atoms with Gasteiger partial charge in [0.15, 0.2) is 0 Å². The van der Waals surface area contributed by atoms with Crippen LogP contribution in [-0.2, 0) is 0 Å². The van der Waals surface area contributed by atoms with Crippen LogP contribution in [0.1, 0.15) is 39.7 Å². The minimum Gasteiger partial charge on any atom is -0.497 e. The molecule has 1 aromatic heterocycles. The maximum Gasteiger partial charge on any atom is 0.274 e. The maximum atomic E-state index is 13.3. The van der Waals surface area contributed by atoms with Crippen molar-refractivity contribution in [2.75, 3.05) is 7.11 Å². The summed E-state index contributed by atoms with van der Waals surface area (Å²) >= 11 is 0. The largest absolute Gasteiger partial charge is 0.497 e. The van der Waals surface area contributed by atoms with Gasteiger partial charge in [0.1, 0.15) is 17.2 Å². The van der Waals surface area contributed by atoms with Crippen molar-refractivity contribution >= 4 is 11.6 Å². The van der Waals surface area contributed by atoms with Gasteiger partial charge in [-0.25, -0.2) is 5.01 Å². The molecule has 0 N–H and O–H groups in total. The van der Waals surface area contributed by atoms with Crippen LogP contribution in [0.5, 0.6) is 5.75 Å². The molecule has 0 radical (unpaired) electrons. The second kappa shape index (κ2) is 7.11. The number of methoxy groups -OCH3 is 1. The lowest BCUT2D eigenvalue weighted by atomic mass is 9.99. The van der Waals surface area contributed by atoms with Crippen LogP contribution in [0.15, 0.2) is 76.4 Å². The lowest BCUT2D eigenvalue weighted by Gasteiger charge is -2.23. The average molecular weight is 360 g/mol. The Bertz CT molecular complexity index is 992. The predicted octanol–water partition coefficient (Wildman–Crippen LogP) is 4.59. The van der Waals surface area contributed by atoms with Gasteiger partial charge in [0, 0.05) is 12.0 Å². The second-order valence-corrected chi connectivity index (χ2v) is 6.49. The van der Waals surface area contributed by atoms with Crippen molar-refractivity contribution in [2.45, 2.75) is 19.4 Å². The zero-order valence-electron chi connectivity index (χ0n) is 15.3. The molecule has 0 bridgehead atoms. The maximum absolute atomic E-state index is 13.3. The molecule has 0 saturated heterocycles. The van der Waals surface area contributed by atoms with Crippen LogP contribution in [0, 0.1) is 6.92 Å². The minimum atomic E-state index is -0.215. The third-order valence-electron chi connectivity index (χ3n) is 4.78. The minimum absolute atomic E-state index is 0.123. The fraction of sp³-hybridized carbons (Fsp3) is 0.182. The van der Waals surface area contributed by atoms with E-state index in [1.165, 1.54) is 0 Å². The van der Waals surface area contributed by atoms with Gasteiger partial charge in [-0.1, -0.05) is 30.3 Å². The van der Waals surface area contributed by atoms with Crippen LogP contribution in [0.2, 0.25) is 0 Å². The fourth-order valence-electron chi connectivity index (χ4n) is 3.33. The van der Waals surface area contributed by atoms with Crippen molar-refractivity contribution in [2.24, 2.45) is 5.10 Å². The number of hydrazone groups is 1. The third kappa shape index (κ3) is 3.24. The molecule has 1 amide bonds. The zero-order chi connectivity index (χ0) is 18.8. The smallest absolute Gasteiger partial charge is 0.274 e. The van der Waals surface area contributed by atoms with Gasteiger partial charge in [-0.05, 0) is 48.4 Å². The Morgan fingerprint density at radius 1 is 1.15 bits per heavy atom. The standard InChI is InChI=1S/C22H20N2O3/c1-15-7-3-4-10-18(15)22(25)24-20(16-8-5-9-17(13-16)26-2)14-19(23-24)21-11-6-12-27-21/h3-13,20H,14H2,1-2H3/t20-/m1/s1. The molecular weight excluding hydrogens is 340 g/mol. The van der Waals surface area contributed by atoms with Crippen molar-refractivity contribution in [3.8, 4) is 5.75 Å². The Labute approximate surface area is 157 Å². The summed E-state index contributed by atoms with van der Waals surface area (Å²) in [7, 11) is 1.63. The number of furan rings is 1. The number of hydrogen-bond acceptors (Lipinski definition) is 4. The lowest BCUT2D eigenvalue weighted by Crippen LogP contribution is -2.27. The Morgan fingerprint density at radius 2 is 2.00 bits per heavy atom. The Morgan fingerprint density at radius 3 is 2.74 bits per heavy atom. The Hall–Kier alpha value is -3.34. The molecule has 0 fully saturated rings. The molecule has 0 unspecified atom stereocenters. The monoisotopic (exact) mass is 360 g/mol. The molecule has 1 aliphatic heterocycles. The summed E-state index contributed by atoms with van der Waals surface area (Å²) in [6, 6.07) is 18.8. The van der Waals surface area contributed by atoms with Gasteiger partial charge in [-0.15, -0.1) is 0 Å². The molecule has 2 aromatic carbocycles. The van der Waals surface area contributed by atoms with E-state index < -0.39 is 0 Å². The van der Waals surface area contributed by atoms with E-state index in [4.69, 9.17) is 9.15 Å². The lowest BCUT2D eigenvalue weighted by molar-refractivity contribution is 0.0710. The first-order valence-corrected chi connectivity index (χ1v) is 8.82. The van der Waals surface area contributed by atoms with Gasteiger partial charge in [-0.3, -0.25) is 4.79 Å². The summed E-state index contributed by atoms with van der Waals surface area (Å²) in [4.78, 5) is 13.3. The van der Waals surface area contributed by atoms with Crippen LogP contribution in [0.4, 0.5) is 0 Å². The van der Waals surface area contributed by atoms with Crippen molar-refractivity contribution in [3.05, 3.63) is 89.4 Å². The molecule has 1 atom stereocenters. The number of carbonyl (C=O) groups excluding carboxylic acids is 1. The molecule has 3 aromatic rings. The molecule has 0 aliphatic carbocycles. The third-order valence-corrected chi connectivity index (χ3v) is 4.78. The van der Waals surface area contributed by atoms with Crippen LogP contribution in [0.3, 0.4) is 0 Å². The highest BCUT2D eigenvalue weighted by molar-refractivity contribution is 6.03. The van der Waals surface area contributed by atoms with E-state index in [1.807, 2.05) is 67.6 Å². The zero-order valence-corrected chi connectivity index (χ0v) is 15.3. The number of carbonyl (C=O) groups is 1. The van der Waals surface area contributed by atoms with Crippen molar-refractivity contribution < 1.29 is 13.9 Å². The normalized spacial score (nSPS) is 16.3. The van der Waals surface area contributed by atoms with Gasteiger partial charge < -0.3 is 9.15 Å². The van der Waals surface area contributed by atoms with E-state index in [9.17, 15) is 4.79 Å². The summed E-state index contributed by atoms with van der Waals surface area (Å²) in [6.45, 7) is 1.93. The number of ether oxygens (including phenoxy) is 1. The topological polar surface area (TPSA) is 55.0 Å². The van der Waals surface area contributed by atoms with E-state index in [-0.39, 0.29) is 11.9 Å². The number of nitrogens with zero attached hydrogens (tertiary/aromatic N) is 2. The molecule has 0 saturated carbocycles. The first-order chi connectivity index (χ1) is 13.2. The summed E-state index contributed by atoms with van der Waals surface area (Å²) in [5.74, 6) is 1.31. The highest BCUT2D eigenvalue weighted by Crippen LogP contribution is 2.35. The van der Waals surface area contributed by atoms with Gasteiger partial charge in [0.2, 0.25) is 0 Å². The van der Waals surface area contributed by atoms with Gasteiger partial charge in [0.05, 0.1) is 19.4 Å². The first-order valence-electron chi connectivity index (χ1n) is 8.82. The molecule has 136 valence electrons.